The van der Waals surface area contributed by atoms with Crippen molar-refractivity contribution in [1.29, 1.82) is 0 Å². The van der Waals surface area contributed by atoms with Gasteiger partial charge in [0.25, 0.3) is 0 Å². The van der Waals surface area contributed by atoms with E-state index in [0.717, 1.165) is 32.1 Å². The largest absolute Gasteiger partial charge is 0.397 e. The molecular formula is C19H21Cl2N5O2S. The van der Waals surface area contributed by atoms with Crippen molar-refractivity contribution in [3.8, 4) is 21.0 Å². The van der Waals surface area contributed by atoms with Crippen LogP contribution >= 0.6 is 36.2 Å². The van der Waals surface area contributed by atoms with Crippen LogP contribution in [-0.2, 0) is 9.68 Å². The first kappa shape index (κ1) is 24.2. The Kier molecular flexibility index (Phi) is 9.40. The van der Waals surface area contributed by atoms with E-state index >= 15 is 0 Å². The molecule has 29 heavy (non-hydrogen) atoms. The molecular weight excluding hydrogens is 433 g/mol. The van der Waals surface area contributed by atoms with Crippen molar-refractivity contribution in [2.24, 2.45) is 21.8 Å². The van der Waals surface area contributed by atoms with Gasteiger partial charge in [-0.25, -0.2) is 4.98 Å². The van der Waals surface area contributed by atoms with E-state index in [0.29, 0.717) is 11.7 Å². The molecule has 0 amide bonds. The molecule has 0 aliphatic carbocycles. The lowest BCUT2D eigenvalue weighted by Crippen LogP contribution is -2.13. The molecule has 7 nitrogen and oxygen atoms in total. The van der Waals surface area contributed by atoms with Crippen LogP contribution in [0.1, 0.15) is 11.1 Å². The quantitative estimate of drug-likeness (QED) is 0.334. The molecule has 3 aromatic rings. The van der Waals surface area contributed by atoms with Crippen molar-refractivity contribution in [3.63, 3.8) is 0 Å². The molecule has 0 aliphatic rings. The summed E-state index contributed by atoms with van der Waals surface area (Å²) in [5.74, 6) is 0.672. The van der Waals surface area contributed by atoms with E-state index in [1.54, 1.807) is 11.3 Å². The number of rotatable bonds is 6. The average Bonchev–Trinajstić information content (AvgIpc) is 3.19. The van der Waals surface area contributed by atoms with Gasteiger partial charge in [0.1, 0.15) is 19.2 Å². The zero-order valence-electron chi connectivity index (χ0n) is 15.7. The summed E-state index contributed by atoms with van der Waals surface area (Å²) in [5, 5.41) is 8.38. The normalized spacial score (nSPS) is 11.2. The second-order valence-corrected chi connectivity index (χ2v) is 6.53. The van der Waals surface area contributed by atoms with Crippen LogP contribution in [0.15, 0.2) is 65.0 Å². The molecule has 0 saturated carbocycles. The smallest absolute Gasteiger partial charge is 0.170 e. The maximum Gasteiger partial charge on any atom is 0.170 e. The molecule has 10 heteroatoms. The predicted octanol–water partition coefficient (Wildman–Crippen LogP) is 3.85. The highest BCUT2D eigenvalue weighted by atomic mass is 35.5. The fourth-order valence-corrected chi connectivity index (χ4v) is 3.36. The maximum absolute atomic E-state index is 5.82. The third-order valence-electron chi connectivity index (χ3n) is 3.78. The lowest BCUT2D eigenvalue weighted by atomic mass is 10.1. The summed E-state index contributed by atoms with van der Waals surface area (Å²) in [6.07, 6.45) is 1.86. The molecule has 0 spiro atoms. The van der Waals surface area contributed by atoms with Crippen molar-refractivity contribution < 1.29 is 9.68 Å². The molecule has 1 heterocycles. The second kappa shape index (κ2) is 11.3. The summed E-state index contributed by atoms with van der Waals surface area (Å²) >= 11 is 1.60. The first-order valence-corrected chi connectivity index (χ1v) is 8.84. The lowest BCUT2D eigenvalue weighted by Gasteiger charge is -2.02. The van der Waals surface area contributed by atoms with Crippen molar-refractivity contribution in [2.75, 3.05) is 14.2 Å². The minimum Gasteiger partial charge on any atom is -0.397 e. The number of halogens is 2. The number of nitrogens with zero attached hydrogens (tertiary/aromatic N) is 3. The fraction of sp³-hybridized carbons (Fsp3) is 0.105. The number of amidine groups is 2. The number of thiazole rings is 1. The number of benzene rings is 2. The Morgan fingerprint density at radius 1 is 0.793 bits per heavy atom. The van der Waals surface area contributed by atoms with Crippen molar-refractivity contribution in [2.45, 2.75) is 0 Å². The van der Waals surface area contributed by atoms with Gasteiger partial charge in [0.15, 0.2) is 11.7 Å². The molecule has 0 saturated heterocycles. The first-order chi connectivity index (χ1) is 13.1. The van der Waals surface area contributed by atoms with Crippen molar-refractivity contribution in [1.82, 2.24) is 4.98 Å². The molecule has 1 aromatic heterocycles. The third-order valence-corrected chi connectivity index (χ3v) is 4.87. The molecule has 3 rings (SSSR count). The average molecular weight is 454 g/mol. The molecule has 0 radical (unpaired) electrons. The molecule has 0 unspecified atom stereocenters. The Hall–Kier alpha value is -2.81. The first-order valence-electron chi connectivity index (χ1n) is 8.03. The summed E-state index contributed by atoms with van der Waals surface area (Å²) in [7, 11) is 2.93. The van der Waals surface area contributed by atoms with E-state index in [4.69, 9.17) is 21.1 Å². The van der Waals surface area contributed by atoms with E-state index in [9.17, 15) is 0 Å². The highest BCUT2D eigenvalue weighted by molar-refractivity contribution is 7.18. The molecule has 4 N–H and O–H groups in total. The van der Waals surface area contributed by atoms with Crippen LogP contribution in [0.25, 0.3) is 21.0 Å². The predicted molar refractivity (Wildman–Crippen MR) is 123 cm³/mol. The monoisotopic (exact) mass is 453 g/mol. The zero-order valence-corrected chi connectivity index (χ0v) is 18.2. The highest BCUT2D eigenvalue weighted by Gasteiger charge is 2.08. The molecule has 2 aromatic carbocycles. The topological polar surface area (TPSA) is 108 Å². The molecule has 0 fully saturated rings. The maximum atomic E-state index is 5.82. The Morgan fingerprint density at radius 2 is 1.24 bits per heavy atom. The van der Waals surface area contributed by atoms with Crippen LogP contribution in [0.3, 0.4) is 0 Å². The minimum absolute atomic E-state index is 0. The standard InChI is InChI=1S/C19H19N5O2S.2ClH/c1-25-23-17(20)13-5-3-12(4-6-13)16-11-22-19(27-16)15-9-7-14(8-10-15)18(21)24-26-2;;/h3-11H,1-2H3,(H2,20,23)(H2,21,24);2*1H. The van der Waals surface area contributed by atoms with E-state index in [2.05, 4.69) is 15.3 Å². The number of hydrogen-bond donors (Lipinski definition) is 2. The van der Waals surface area contributed by atoms with Crippen molar-refractivity contribution >= 4 is 47.8 Å². The Balaban J connectivity index is 0.00000210. The van der Waals surface area contributed by atoms with Gasteiger partial charge in [0.05, 0.1) is 4.88 Å². The number of hydrogen-bond acceptors (Lipinski definition) is 6. The van der Waals surface area contributed by atoms with Crippen LogP contribution in [0.5, 0.6) is 0 Å². The Morgan fingerprint density at radius 3 is 1.69 bits per heavy atom. The number of nitrogens with two attached hydrogens (primary N) is 2. The Labute approximate surface area is 185 Å². The van der Waals surface area contributed by atoms with Gasteiger partial charge in [-0.2, -0.15) is 0 Å². The zero-order chi connectivity index (χ0) is 19.2. The van der Waals surface area contributed by atoms with Gasteiger partial charge in [-0.05, 0) is 5.56 Å². The SMILES string of the molecule is CO/N=C(/N)c1ccc(-c2cnc(-c3ccc(/C(N)=N\OC)cc3)s2)cc1.Cl.Cl. The summed E-state index contributed by atoms with van der Waals surface area (Å²) in [6.45, 7) is 0. The van der Waals surface area contributed by atoms with Gasteiger partial charge in [0.2, 0.25) is 0 Å². The highest BCUT2D eigenvalue weighted by Crippen LogP contribution is 2.32. The van der Waals surface area contributed by atoms with E-state index < -0.39 is 0 Å². The lowest BCUT2D eigenvalue weighted by molar-refractivity contribution is 0.213. The minimum atomic E-state index is 0. The number of oxime groups is 2. The second-order valence-electron chi connectivity index (χ2n) is 5.50. The van der Waals surface area contributed by atoms with Crippen LogP contribution in [0.4, 0.5) is 0 Å². The molecule has 154 valence electrons. The van der Waals surface area contributed by atoms with E-state index in [1.165, 1.54) is 14.2 Å². The van der Waals surface area contributed by atoms with Crippen LogP contribution in [0, 0.1) is 0 Å². The summed E-state index contributed by atoms with van der Waals surface area (Å²) < 4.78 is 0. The molecule has 0 bridgehead atoms. The number of aromatic nitrogens is 1. The molecule has 0 aliphatic heterocycles. The van der Waals surface area contributed by atoms with Gasteiger partial charge in [-0.3, -0.25) is 0 Å². The van der Waals surface area contributed by atoms with E-state index in [1.807, 2.05) is 54.7 Å². The van der Waals surface area contributed by atoms with Crippen molar-refractivity contribution in [3.05, 3.63) is 65.9 Å². The van der Waals surface area contributed by atoms with Crippen LogP contribution < -0.4 is 11.5 Å². The fourth-order valence-electron chi connectivity index (χ4n) is 2.43. The van der Waals surface area contributed by atoms with Gasteiger partial charge in [0, 0.05) is 22.9 Å². The summed E-state index contributed by atoms with van der Waals surface area (Å²) in [6, 6.07) is 15.5. The molecule has 0 atom stereocenters. The van der Waals surface area contributed by atoms with Crippen LogP contribution in [-0.4, -0.2) is 30.9 Å². The summed E-state index contributed by atoms with van der Waals surface area (Å²) in [5.41, 5.74) is 15.3. The third kappa shape index (κ3) is 5.83. The van der Waals surface area contributed by atoms with Gasteiger partial charge < -0.3 is 21.1 Å². The van der Waals surface area contributed by atoms with Gasteiger partial charge in [-0.1, -0.05) is 58.8 Å². The summed E-state index contributed by atoms with van der Waals surface area (Å²) in [4.78, 5) is 15.0. The van der Waals surface area contributed by atoms with Gasteiger partial charge >= 0.3 is 0 Å². The Bertz CT molecular complexity index is 895. The van der Waals surface area contributed by atoms with Gasteiger partial charge in [-0.15, -0.1) is 36.2 Å². The van der Waals surface area contributed by atoms with E-state index in [-0.39, 0.29) is 24.8 Å². The van der Waals surface area contributed by atoms with Crippen LogP contribution in [0.2, 0.25) is 0 Å².